The summed E-state index contributed by atoms with van der Waals surface area (Å²) in [6, 6.07) is 13.4. The molecule has 4 rings (SSSR count). The Labute approximate surface area is 189 Å². The van der Waals surface area contributed by atoms with Crippen molar-refractivity contribution in [1.29, 1.82) is 0 Å². The van der Waals surface area contributed by atoms with Gasteiger partial charge < -0.3 is 25.0 Å². The monoisotopic (exact) mass is 436 g/mol. The van der Waals surface area contributed by atoms with E-state index in [1.165, 1.54) is 0 Å². The number of carbonyl (C=O) groups excluding carboxylic acids is 1. The molecule has 7 nitrogen and oxygen atoms in total. The van der Waals surface area contributed by atoms with Gasteiger partial charge in [0, 0.05) is 12.6 Å². The molecule has 170 valence electrons. The lowest BCUT2D eigenvalue weighted by atomic mass is 9.84. The van der Waals surface area contributed by atoms with Crippen molar-refractivity contribution in [3.8, 4) is 11.5 Å². The number of rotatable bonds is 3. The average Bonchev–Trinajstić information content (AvgIpc) is 2.78. The topological polar surface area (TPSA) is 75.2 Å². The van der Waals surface area contributed by atoms with Gasteiger partial charge in [-0.2, -0.15) is 0 Å². The zero-order chi connectivity index (χ0) is 22.9. The summed E-state index contributed by atoms with van der Waals surface area (Å²) >= 11 is 0. The molecule has 0 unspecified atom stereocenters. The highest BCUT2D eigenvalue weighted by Crippen LogP contribution is 2.37. The average molecular weight is 437 g/mol. The summed E-state index contributed by atoms with van der Waals surface area (Å²) in [4.78, 5) is 20.5. The molecule has 1 saturated heterocycles. The number of piperidine rings is 1. The fraction of sp³-hybridized carbons (Fsp3) is 0.440. The highest BCUT2D eigenvalue weighted by atomic mass is 16.5. The molecule has 2 aliphatic heterocycles. The Morgan fingerprint density at radius 2 is 1.84 bits per heavy atom. The van der Waals surface area contributed by atoms with Crippen molar-refractivity contribution >= 4 is 23.1 Å². The molecule has 2 aromatic rings. The minimum atomic E-state index is -0.477. The van der Waals surface area contributed by atoms with E-state index in [9.17, 15) is 4.79 Å². The Morgan fingerprint density at radius 3 is 2.53 bits per heavy atom. The molecule has 0 saturated carbocycles. The van der Waals surface area contributed by atoms with E-state index in [2.05, 4.69) is 37.5 Å². The van der Waals surface area contributed by atoms with Crippen LogP contribution in [0.25, 0.3) is 0 Å². The number of aliphatic imine (C=N–C) groups is 1. The van der Waals surface area contributed by atoms with Gasteiger partial charge in [-0.1, -0.05) is 12.1 Å². The molecular formula is C25H32N4O3. The van der Waals surface area contributed by atoms with Crippen molar-refractivity contribution in [3.63, 3.8) is 0 Å². The molecule has 1 spiro atoms. The van der Waals surface area contributed by atoms with Gasteiger partial charge in [0.05, 0.1) is 43.2 Å². The first-order chi connectivity index (χ1) is 15.2. The van der Waals surface area contributed by atoms with E-state index in [4.69, 9.17) is 14.5 Å². The maximum Gasteiger partial charge on any atom is 0.257 e. The molecule has 1 fully saturated rings. The standard InChI is InChI=1S/C25H32N4O3/c1-24(2,3)28-23-25(27-20-10-7-6-9-19(20)26-23)13-8-14-29(16-25)22(30)18-12-11-17(31-4)15-21(18)32-5/h6-7,9-12,15,27H,8,13-14,16H2,1-5H3,(H,26,28)/t25-/m0/s1. The second kappa shape index (κ2) is 8.37. The number of ether oxygens (including phenoxy) is 2. The number of fused-ring (bicyclic) bond motifs is 1. The number of hydrogen-bond acceptors (Lipinski definition) is 5. The zero-order valence-corrected chi connectivity index (χ0v) is 19.5. The number of para-hydroxylation sites is 2. The third-order valence-electron chi connectivity index (χ3n) is 5.87. The Balaban J connectivity index is 1.69. The lowest BCUT2D eigenvalue weighted by Gasteiger charge is -2.48. The number of anilines is 2. The minimum absolute atomic E-state index is 0.0562. The van der Waals surface area contributed by atoms with Crippen LogP contribution >= 0.6 is 0 Å². The van der Waals surface area contributed by atoms with E-state index in [1.807, 2.05) is 23.1 Å². The van der Waals surface area contributed by atoms with E-state index in [0.29, 0.717) is 30.2 Å². The number of nitrogens with zero attached hydrogens (tertiary/aromatic N) is 2. The van der Waals surface area contributed by atoms with Gasteiger partial charge in [0.1, 0.15) is 22.9 Å². The molecule has 7 heteroatoms. The maximum absolute atomic E-state index is 13.6. The highest BCUT2D eigenvalue weighted by Gasteiger charge is 2.45. The Bertz CT molecular complexity index is 1040. The van der Waals surface area contributed by atoms with E-state index < -0.39 is 5.54 Å². The van der Waals surface area contributed by atoms with Crippen LogP contribution in [-0.4, -0.2) is 55.0 Å². The van der Waals surface area contributed by atoms with Crippen LogP contribution < -0.4 is 20.1 Å². The number of likely N-dealkylation sites (tertiary alicyclic amines) is 1. The summed E-state index contributed by atoms with van der Waals surface area (Å²) in [6.45, 7) is 7.46. The van der Waals surface area contributed by atoms with Crippen molar-refractivity contribution in [1.82, 2.24) is 4.90 Å². The Morgan fingerprint density at radius 1 is 1.09 bits per heavy atom. The molecule has 2 heterocycles. The number of hydrogen-bond donors (Lipinski definition) is 2. The fourth-order valence-corrected chi connectivity index (χ4v) is 4.41. The van der Waals surface area contributed by atoms with Crippen LogP contribution in [-0.2, 0) is 0 Å². The van der Waals surface area contributed by atoms with Gasteiger partial charge in [-0.05, 0) is 57.9 Å². The first kappa shape index (κ1) is 22.0. The number of amides is 1. The Kier molecular flexibility index (Phi) is 5.75. The highest BCUT2D eigenvalue weighted by molar-refractivity contribution is 6.10. The molecule has 0 bridgehead atoms. The first-order valence-electron chi connectivity index (χ1n) is 11.0. The van der Waals surface area contributed by atoms with Crippen molar-refractivity contribution < 1.29 is 14.3 Å². The van der Waals surface area contributed by atoms with Crippen LogP contribution in [0.2, 0.25) is 0 Å². The first-order valence-corrected chi connectivity index (χ1v) is 11.0. The van der Waals surface area contributed by atoms with E-state index >= 15 is 0 Å². The lowest BCUT2D eigenvalue weighted by Crippen LogP contribution is -2.63. The second-order valence-electron chi connectivity index (χ2n) is 9.41. The fourth-order valence-electron chi connectivity index (χ4n) is 4.41. The molecule has 1 atom stereocenters. The van der Waals surface area contributed by atoms with Crippen molar-refractivity contribution in [2.45, 2.75) is 44.7 Å². The Hall–Kier alpha value is -3.22. The van der Waals surface area contributed by atoms with Gasteiger partial charge in [-0.3, -0.25) is 9.79 Å². The predicted molar refractivity (Wildman–Crippen MR) is 128 cm³/mol. The van der Waals surface area contributed by atoms with Gasteiger partial charge in [0.15, 0.2) is 0 Å². The SMILES string of the molecule is COc1ccc(C(=O)N2CCC[C@@]3(C2)Nc2ccccc2NC3=NC(C)(C)C)c(OC)c1. The van der Waals surface area contributed by atoms with Gasteiger partial charge in [0.2, 0.25) is 0 Å². The number of carbonyl (C=O) groups is 1. The molecule has 1 amide bonds. The second-order valence-corrected chi connectivity index (χ2v) is 9.41. The molecule has 0 aliphatic carbocycles. The third kappa shape index (κ3) is 4.24. The van der Waals surface area contributed by atoms with Gasteiger partial charge >= 0.3 is 0 Å². The van der Waals surface area contributed by atoms with Crippen molar-refractivity contribution in [3.05, 3.63) is 48.0 Å². The van der Waals surface area contributed by atoms with Gasteiger partial charge in [-0.25, -0.2) is 0 Å². The quantitative estimate of drug-likeness (QED) is 0.745. The molecule has 2 aromatic carbocycles. The number of amidine groups is 1. The minimum Gasteiger partial charge on any atom is -0.497 e. The predicted octanol–water partition coefficient (Wildman–Crippen LogP) is 4.41. The van der Waals surface area contributed by atoms with E-state index in [1.54, 1.807) is 32.4 Å². The molecule has 2 N–H and O–H groups in total. The van der Waals surface area contributed by atoms with Crippen molar-refractivity contribution in [2.75, 3.05) is 37.9 Å². The number of benzene rings is 2. The molecule has 0 aromatic heterocycles. The summed E-state index contributed by atoms with van der Waals surface area (Å²) in [6.07, 6.45) is 1.75. The molecular weight excluding hydrogens is 404 g/mol. The van der Waals surface area contributed by atoms with Gasteiger partial charge in [0.25, 0.3) is 5.91 Å². The lowest BCUT2D eigenvalue weighted by molar-refractivity contribution is 0.0691. The van der Waals surface area contributed by atoms with Crippen LogP contribution in [0.1, 0.15) is 44.0 Å². The summed E-state index contributed by atoms with van der Waals surface area (Å²) in [5.74, 6) is 1.99. The van der Waals surface area contributed by atoms with Crippen LogP contribution in [0.3, 0.4) is 0 Å². The summed E-state index contributed by atoms with van der Waals surface area (Å²) in [7, 11) is 3.17. The van der Waals surface area contributed by atoms with Crippen LogP contribution in [0.15, 0.2) is 47.5 Å². The van der Waals surface area contributed by atoms with E-state index in [0.717, 1.165) is 30.1 Å². The number of methoxy groups -OCH3 is 2. The van der Waals surface area contributed by atoms with E-state index in [-0.39, 0.29) is 11.4 Å². The zero-order valence-electron chi connectivity index (χ0n) is 19.5. The molecule has 0 radical (unpaired) electrons. The molecule has 32 heavy (non-hydrogen) atoms. The largest absolute Gasteiger partial charge is 0.497 e. The van der Waals surface area contributed by atoms with Gasteiger partial charge in [-0.15, -0.1) is 0 Å². The molecule has 2 aliphatic rings. The van der Waals surface area contributed by atoms with Crippen LogP contribution in [0, 0.1) is 0 Å². The third-order valence-corrected chi connectivity index (χ3v) is 5.87. The smallest absolute Gasteiger partial charge is 0.257 e. The maximum atomic E-state index is 13.6. The van der Waals surface area contributed by atoms with Crippen LogP contribution in [0.4, 0.5) is 11.4 Å². The summed E-state index contributed by atoms with van der Waals surface area (Å²) in [5, 5.41) is 7.29. The summed E-state index contributed by atoms with van der Waals surface area (Å²) in [5.41, 5.74) is 1.83. The number of nitrogens with one attached hydrogen (secondary N) is 2. The van der Waals surface area contributed by atoms with Crippen molar-refractivity contribution in [2.24, 2.45) is 4.99 Å². The normalized spacial score (nSPS) is 21.5. The summed E-state index contributed by atoms with van der Waals surface area (Å²) < 4.78 is 10.8. The van der Waals surface area contributed by atoms with Crippen LogP contribution in [0.5, 0.6) is 11.5 Å².